The number of hydrogen-bond acceptors (Lipinski definition) is 4. The molecule has 0 bridgehead atoms. The van der Waals surface area contributed by atoms with E-state index in [2.05, 4.69) is 10.5 Å². The van der Waals surface area contributed by atoms with E-state index in [-0.39, 0.29) is 19.1 Å². The normalized spacial score (nSPS) is 10.8. The van der Waals surface area contributed by atoms with Crippen LogP contribution >= 0.6 is 0 Å². The number of rotatable bonds is 4. The van der Waals surface area contributed by atoms with Crippen LogP contribution in [0.3, 0.4) is 0 Å². The molecule has 0 saturated heterocycles. The zero-order valence-corrected chi connectivity index (χ0v) is 12.2. The lowest BCUT2D eigenvalue weighted by atomic mass is 10.0. The fourth-order valence-electron chi connectivity index (χ4n) is 2.27. The highest BCUT2D eigenvalue weighted by molar-refractivity contribution is 6.00. The van der Waals surface area contributed by atoms with Crippen LogP contribution in [0.1, 0.15) is 15.9 Å². The summed E-state index contributed by atoms with van der Waals surface area (Å²) >= 11 is 0. The molecule has 1 amide bonds. The monoisotopic (exact) mass is 296 g/mol. The fourth-order valence-corrected chi connectivity index (χ4v) is 2.27. The van der Waals surface area contributed by atoms with Crippen molar-refractivity contribution in [3.63, 3.8) is 0 Å². The van der Waals surface area contributed by atoms with Crippen LogP contribution < -0.4 is 5.32 Å². The Morgan fingerprint density at radius 1 is 1.23 bits per heavy atom. The SMILES string of the molecule is Cc1ccc(-c2onc3ccc(C(=O)NCCO)cc23)cc1. The summed E-state index contributed by atoms with van der Waals surface area (Å²) in [4.78, 5) is 12.0. The van der Waals surface area contributed by atoms with E-state index in [9.17, 15) is 4.79 Å². The third-order valence-electron chi connectivity index (χ3n) is 3.45. The van der Waals surface area contributed by atoms with E-state index in [0.717, 1.165) is 16.5 Å². The van der Waals surface area contributed by atoms with Crippen molar-refractivity contribution in [1.29, 1.82) is 0 Å². The van der Waals surface area contributed by atoms with Crippen molar-refractivity contribution < 1.29 is 14.4 Å². The molecular weight excluding hydrogens is 280 g/mol. The largest absolute Gasteiger partial charge is 0.395 e. The molecule has 0 aliphatic heterocycles. The molecule has 0 spiro atoms. The smallest absolute Gasteiger partial charge is 0.251 e. The number of hydrogen-bond donors (Lipinski definition) is 2. The molecule has 0 aliphatic carbocycles. The maximum Gasteiger partial charge on any atom is 0.251 e. The first-order chi connectivity index (χ1) is 10.7. The second kappa shape index (κ2) is 5.99. The van der Waals surface area contributed by atoms with Gasteiger partial charge in [0.15, 0.2) is 5.76 Å². The average molecular weight is 296 g/mol. The van der Waals surface area contributed by atoms with Gasteiger partial charge in [0.2, 0.25) is 0 Å². The van der Waals surface area contributed by atoms with E-state index >= 15 is 0 Å². The minimum absolute atomic E-state index is 0.0874. The zero-order valence-electron chi connectivity index (χ0n) is 12.2. The van der Waals surface area contributed by atoms with Crippen LogP contribution in [0.5, 0.6) is 0 Å². The van der Waals surface area contributed by atoms with Crippen molar-refractivity contribution in [1.82, 2.24) is 10.5 Å². The van der Waals surface area contributed by atoms with Crippen LogP contribution in [-0.4, -0.2) is 29.3 Å². The number of nitrogens with zero attached hydrogens (tertiary/aromatic N) is 1. The first-order valence-electron chi connectivity index (χ1n) is 7.04. The van der Waals surface area contributed by atoms with Crippen molar-refractivity contribution in [3.8, 4) is 11.3 Å². The summed E-state index contributed by atoms with van der Waals surface area (Å²) in [5.41, 5.74) is 3.30. The van der Waals surface area contributed by atoms with Crippen LogP contribution in [0.25, 0.3) is 22.2 Å². The first-order valence-corrected chi connectivity index (χ1v) is 7.04. The van der Waals surface area contributed by atoms with E-state index in [1.165, 1.54) is 0 Å². The number of benzene rings is 2. The third-order valence-corrected chi connectivity index (χ3v) is 3.45. The summed E-state index contributed by atoms with van der Waals surface area (Å²) in [6.45, 7) is 2.16. The fraction of sp³-hybridized carbons (Fsp3) is 0.176. The Morgan fingerprint density at radius 2 is 2.00 bits per heavy atom. The molecule has 5 heteroatoms. The number of fused-ring (bicyclic) bond motifs is 1. The van der Waals surface area contributed by atoms with Gasteiger partial charge in [0.1, 0.15) is 5.52 Å². The molecule has 1 aromatic heterocycles. The van der Waals surface area contributed by atoms with Gasteiger partial charge in [-0.2, -0.15) is 0 Å². The van der Waals surface area contributed by atoms with Crippen molar-refractivity contribution >= 4 is 16.8 Å². The Bertz CT molecular complexity index is 806. The Balaban J connectivity index is 2.01. The lowest BCUT2D eigenvalue weighted by Crippen LogP contribution is -2.26. The Morgan fingerprint density at radius 3 is 2.73 bits per heavy atom. The van der Waals surface area contributed by atoms with Crippen LogP contribution in [0.2, 0.25) is 0 Å². The van der Waals surface area contributed by atoms with Crippen molar-refractivity contribution in [2.45, 2.75) is 6.92 Å². The Labute approximate surface area is 127 Å². The summed E-state index contributed by atoms with van der Waals surface area (Å²) in [6.07, 6.45) is 0. The van der Waals surface area contributed by atoms with Gasteiger partial charge in [-0.05, 0) is 25.1 Å². The molecule has 3 aromatic rings. The van der Waals surface area contributed by atoms with Gasteiger partial charge in [-0.3, -0.25) is 4.79 Å². The number of nitrogens with one attached hydrogen (secondary N) is 1. The molecule has 0 radical (unpaired) electrons. The maximum absolute atomic E-state index is 12.0. The molecule has 0 fully saturated rings. The number of aliphatic hydroxyl groups is 1. The van der Waals surface area contributed by atoms with Gasteiger partial charge in [0.25, 0.3) is 5.91 Å². The third kappa shape index (κ3) is 2.71. The summed E-state index contributed by atoms with van der Waals surface area (Å²) in [5, 5.41) is 16.2. The quantitative estimate of drug-likeness (QED) is 0.775. The molecular formula is C17H16N2O3. The highest BCUT2D eigenvalue weighted by Gasteiger charge is 2.13. The Hall–Kier alpha value is -2.66. The topological polar surface area (TPSA) is 75.4 Å². The predicted octanol–water partition coefficient (Wildman–Crippen LogP) is 2.53. The second-order valence-corrected chi connectivity index (χ2v) is 5.09. The van der Waals surface area contributed by atoms with Gasteiger partial charge >= 0.3 is 0 Å². The number of carbonyl (C=O) groups excluding carboxylic acids is 1. The number of aliphatic hydroxyl groups excluding tert-OH is 1. The lowest BCUT2D eigenvalue weighted by molar-refractivity contribution is 0.0945. The molecule has 5 nitrogen and oxygen atoms in total. The second-order valence-electron chi connectivity index (χ2n) is 5.09. The molecule has 0 saturated carbocycles. The number of aryl methyl sites for hydroxylation is 1. The standard InChI is InChI=1S/C17H16N2O3/c1-11-2-4-12(5-3-11)16-14-10-13(17(21)18-8-9-20)6-7-15(14)19-22-16/h2-7,10,20H,8-9H2,1H3,(H,18,21). The van der Waals surface area contributed by atoms with Gasteiger partial charge < -0.3 is 14.9 Å². The van der Waals surface area contributed by atoms with E-state index < -0.39 is 0 Å². The molecule has 0 unspecified atom stereocenters. The maximum atomic E-state index is 12.0. The molecule has 22 heavy (non-hydrogen) atoms. The molecule has 2 N–H and O–H groups in total. The van der Waals surface area contributed by atoms with Gasteiger partial charge in [-0.1, -0.05) is 35.0 Å². The van der Waals surface area contributed by atoms with Gasteiger partial charge in [-0.15, -0.1) is 0 Å². The van der Waals surface area contributed by atoms with Crippen LogP contribution in [0.15, 0.2) is 47.0 Å². The van der Waals surface area contributed by atoms with Gasteiger partial charge in [0, 0.05) is 17.7 Å². The molecule has 112 valence electrons. The van der Waals surface area contributed by atoms with E-state index in [1.54, 1.807) is 18.2 Å². The summed E-state index contributed by atoms with van der Waals surface area (Å²) in [5.74, 6) is 0.416. The summed E-state index contributed by atoms with van der Waals surface area (Å²) < 4.78 is 5.44. The molecule has 2 aromatic carbocycles. The van der Waals surface area contributed by atoms with Crippen molar-refractivity contribution in [3.05, 3.63) is 53.6 Å². The summed E-state index contributed by atoms with van der Waals surface area (Å²) in [6, 6.07) is 13.1. The number of amides is 1. The Kier molecular flexibility index (Phi) is 3.89. The van der Waals surface area contributed by atoms with E-state index in [0.29, 0.717) is 16.8 Å². The molecule has 0 atom stereocenters. The minimum Gasteiger partial charge on any atom is -0.395 e. The van der Waals surface area contributed by atoms with Crippen LogP contribution in [0.4, 0.5) is 0 Å². The zero-order chi connectivity index (χ0) is 15.5. The highest BCUT2D eigenvalue weighted by atomic mass is 16.5. The van der Waals surface area contributed by atoms with Crippen molar-refractivity contribution in [2.75, 3.05) is 13.2 Å². The molecule has 3 rings (SSSR count). The number of carbonyl (C=O) groups is 1. The van der Waals surface area contributed by atoms with Gasteiger partial charge in [-0.25, -0.2) is 0 Å². The molecule has 0 aliphatic rings. The molecule has 1 heterocycles. The highest BCUT2D eigenvalue weighted by Crippen LogP contribution is 2.29. The van der Waals surface area contributed by atoms with Crippen LogP contribution in [0, 0.1) is 6.92 Å². The van der Waals surface area contributed by atoms with E-state index in [1.807, 2.05) is 31.2 Å². The summed E-state index contributed by atoms with van der Waals surface area (Å²) in [7, 11) is 0. The van der Waals surface area contributed by atoms with Crippen LogP contribution in [-0.2, 0) is 0 Å². The lowest BCUT2D eigenvalue weighted by Gasteiger charge is -2.03. The predicted molar refractivity (Wildman–Crippen MR) is 83.6 cm³/mol. The minimum atomic E-state index is -0.230. The van der Waals surface area contributed by atoms with Crippen molar-refractivity contribution in [2.24, 2.45) is 0 Å². The first kappa shape index (κ1) is 14.3. The number of aromatic nitrogens is 1. The van der Waals surface area contributed by atoms with E-state index in [4.69, 9.17) is 9.63 Å². The average Bonchev–Trinajstić information content (AvgIpc) is 2.96. The van der Waals surface area contributed by atoms with Gasteiger partial charge in [0.05, 0.1) is 12.0 Å².